The van der Waals surface area contributed by atoms with E-state index in [1.807, 2.05) is 49.4 Å². The zero-order valence-electron chi connectivity index (χ0n) is 21.5. The highest BCUT2D eigenvalue weighted by molar-refractivity contribution is 5.96. The highest BCUT2D eigenvalue weighted by Gasteiger charge is 2.44. The fourth-order valence-corrected chi connectivity index (χ4v) is 6.19. The molecule has 4 aromatic rings. The Morgan fingerprint density at radius 1 is 1.00 bits per heavy atom. The van der Waals surface area contributed by atoms with Gasteiger partial charge in [0, 0.05) is 17.2 Å². The molecule has 3 unspecified atom stereocenters. The molecule has 38 heavy (non-hydrogen) atoms. The van der Waals surface area contributed by atoms with E-state index in [4.69, 9.17) is 20.6 Å². The van der Waals surface area contributed by atoms with Gasteiger partial charge in [0.1, 0.15) is 11.6 Å². The fourth-order valence-electron chi connectivity index (χ4n) is 6.19. The maximum Gasteiger partial charge on any atom is 0.160 e. The van der Waals surface area contributed by atoms with Crippen molar-refractivity contribution in [2.24, 2.45) is 11.7 Å². The Morgan fingerprint density at radius 2 is 1.79 bits per heavy atom. The van der Waals surface area contributed by atoms with Crippen LogP contribution in [0.25, 0.3) is 11.1 Å². The first-order chi connectivity index (χ1) is 18.5. The Labute approximate surface area is 222 Å². The van der Waals surface area contributed by atoms with Crippen molar-refractivity contribution in [3.8, 4) is 28.4 Å². The van der Waals surface area contributed by atoms with Crippen LogP contribution in [0.1, 0.15) is 46.7 Å². The van der Waals surface area contributed by atoms with Crippen molar-refractivity contribution in [1.82, 2.24) is 0 Å². The van der Waals surface area contributed by atoms with E-state index in [-0.39, 0.29) is 29.5 Å². The maximum atomic E-state index is 10.8. The number of hydrogen-bond donors (Lipinski definition) is 4. The van der Waals surface area contributed by atoms with E-state index >= 15 is 0 Å². The summed E-state index contributed by atoms with van der Waals surface area (Å²) in [7, 11) is 1.58. The molecule has 0 fully saturated rings. The predicted octanol–water partition coefficient (Wildman–Crippen LogP) is 6.22. The third kappa shape index (κ3) is 3.93. The maximum absolute atomic E-state index is 10.8. The van der Waals surface area contributed by atoms with Crippen molar-refractivity contribution >= 4 is 11.5 Å². The molecule has 0 saturated carbocycles. The summed E-state index contributed by atoms with van der Waals surface area (Å²) in [5, 5.41) is 22.6. The Morgan fingerprint density at radius 3 is 2.53 bits per heavy atom. The number of phenolic OH excluding ortho intramolecular Hbond substituents is 1. The van der Waals surface area contributed by atoms with Gasteiger partial charge in [0.15, 0.2) is 11.5 Å². The van der Waals surface area contributed by atoms with Gasteiger partial charge in [0.05, 0.1) is 19.8 Å². The van der Waals surface area contributed by atoms with Crippen LogP contribution >= 0.6 is 0 Å². The molecule has 192 valence electrons. The van der Waals surface area contributed by atoms with Crippen molar-refractivity contribution in [2.45, 2.75) is 25.3 Å². The lowest BCUT2D eigenvalue weighted by atomic mass is 9.74. The summed E-state index contributed by atoms with van der Waals surface area (Å²) >= 11 is 0. The van der Waals surface area contributed by atoms with Gasteiger partial charge in [-0.1, -0.05) is 36.4 Å². The number of nitrogens with one attached hydrogen (secondary N) is 2. The number of nitrogen functional groups attached to an aromatic ring is 1. The lowest BCUT2D eigenvalue weighted by Gasteiger charge is -2.39. The van der Waals surface area contributed by atoms with Crippen LogP contribution in [-0.4, -0.2) is 24.7 Å². The van der Waals surface area contributed by atoms with Gasteiger partial charge in [-0.2, -0.15) is 0 Å². The Hall–Kier alpha value is -4.45. The molecule has 0 saturated heterocycles. The Kier molecular flexibility index (Phi) is 5.95. The first-order valence-corrected chi connectivity index (χ1v) is 12.9. The zero-order chi connectivity index (χ0) is 26.4. The molecule has 0 radical (unpaired) electrons. The molecule has 2 aliphatic rings. The summed E-state index contributed by atoms with van der Waals surface area (Å²) in [4.78, 5) is 0. The van der Waals surface area contributed by atoms with Gasteiger partial charge in [-0.25, -0.2) is 0 Å². The van der Waals surface area contributed by atoms with E-state index < -0.39 is 0 Å². The van der Waals surface area contributed by atoms with Crippen LogP contribution in [-0.2, 0) is 6.42 Å². The number of rotatable bonds is 6. The summed E-state index contributed by atoms with van der Waals surface area (Å²) in [6.45, 7) is 2.57. The number of hydrogen-bond acceptors (Lipinski definition) is 5. The molecule has 0 aromatic heterocycles. The second kappa shape index (κ2) is 9.45. The van der Waals surface area contributed by atoms with E-state index in [9.17, 15) is 5.11 Å². The average molecular weight is 506 g/mol. The molecule has 0 spiro atoms. The molecular weight excluding hydrogens is 474 g/mol. The van der Waals surface area contributed by atoms with Gasteiger partial charge >= 0.3 is 0 Å². The van der Waals surface area contributed by atoms with Crippen LogP contribution in [0.5, 0.6) is 17.2 Å². The van der Waals surface area contributed by atoms with Gasteiger partial charge < -0.3 is 25.6 Å². The number of fused-ring (bicyclic) bond motifs is 5. The minimum atomic E-state index is -0.0425. The van der Waals surface area contributed by atoms with Gasteiger partial charge in [0.2, 0.25) is 0 Å². The molecule has 6 rings (SSSR count). The number of aromatic hydroxyl groups is 1. The summed E-state index contributed by atoms with van der Waals surface area (Å²) in [5.41, 5.74) is 14.5. The van der Waals surface area contributed by atoms with E-state index in [1.54, 1.807) is 13.2 Å². The lowest BCUT2D eigenvalue weighted by Crippen LogP contribution is -2.31. The van der Waals surface area contributed by atoms with Crippen LogP contribution in [0, 0.1) is 11.3 Å². The lowest BCUT2D eigenvalue weighted by molar-refractivity contribution is 0.340. The molecule has 0 amide bonds. The SMILES string of the molecule is CCOc1ccc(-c2cc(O)c(OC)cc2C2Nc3ccc(C(=N)N)cc3C3c4ccccc4CC23)cc1. The number of amidine groups is 1. The largest absolute Gasteiger partial charge is 0.504 e. The Balaban J connectivity index is 1.53. The molecule has 1 aliphatic heterocycles. The normalized spacial score (nSPS) is 19.1. The van der Waals surface area contributed by atoms with Crippen molar-refractivity contribution in [3.63, 3.8) is 0 Å². The Bertz CT molecular complexity index is 1530. The number of methoxy groups -OCH3 is 1. The van der Waals surface area contributed by atoms with Crippen molar-refractivity contribution in [1.29, 1.82) is 5.41 Å². The van der Waals surface area contributed by atoms with E-state index in [1.165, 1.54) is 11.1 Å². The molecule has 4 aromatic carbocycles. The van der Waals surface area contributed by atoms with Gasteiger partial charge in [-0.15, -0.1) is 0 Å². The van der Waals surface area contributed by atoms with E-state index in [0.29, 0.717) is 12.4 Å². The predicted molar refractivity (Wildman–Crippen MR) is 151 cm³/mol. The number of ether oxygens (including phenoxy) is 2. The molecule has 0 bridgehead atoms. The third-order valence-corrected chi connectivity index (χ3v) is 7.87. The molecule has 1 heterocycles. The zero-order valence-corrected chi connectivity index (χ0v) is 21.5. The average Bonchev–Trinajstić information content (AvgIpc) is 3.33. The number of benzene rings is 4. The first-order valence-electron chi connectivity index (χ1n) is 12.9. The molecule has 5 N–H and O–H groups in total. The summed E-state index contributed by atoms with van der Waals surface area (Å²) in [6.07, 6.45) is 0.911. The quantitative estimate of drug-likeness (QED) is 0.184. The van der Waals surface area contributed by atoms with E-state index in [2.05, 4.69) is 35.6 Å². The van der Waals surface area contributed by atoms with Crippen LogP contribution in [0.15, 0.2) is 78.9 Å². The topological polar surface area (TPSA) is 101 Å². The molecule has 6 heteroatoms. The standard InChI is InChI=1S/C32H31N3O3/c1-3-38-21-11-8-18(9-12-21)23-16-28(36)29(37-2)17-24(23)31-26-14-19-6-4-5-7-22(19)30(26)25-15-20(32(33)34)10-13-27(25)35-31/h4-13,15-17,26,30-31,35-36H,3,14H2,1-2H3,(H3,33,34). The molecule has 3 atom stereocenters. The number of anilines is 1. The summed E-state index contributed by atoms with van der Waals surface area (Å²) in [5.74, 6) is 1.80. The summed E-state index contributed by atoms with van der Waals surface area (Å²) in [6, 6.07) is 26.3. The van der Waals surface area contributed by atoms with Gasteiger partial charge in [-0.05, 0) is 95.1 Å². The van der Waals surface area contributed by atoms with Crippen LogP contribution in [0.3, 0.4) is 0 Å². The highest BCUT2D eigenvalue weighted by Crippen LogP contribution is 2.55. The second-order valence-electron chi connectivity index (χ2n) is 9.95. The third-order valence-electron chi connectivity index (χ3n) is 7.87. The molecule has 1 aliphatic carbocycles. The minimum absolute atomic E-state index is 0.0425. The monoisotopic (exact) mass is 505 g/mol. The van der Waals surface area contributed by atoms with Crippen LogP contribution in [0.2, 0.25) is 0 Å². The number of phenols is 1. The minimum Gasteiger partial charge on any atom is -0.504 e. The van der Waals surface area contributed by atoms with Crippen molar-refractivity contribution < 1.29 is 14.6 Å². The fraction of sp³-hybridized carbons (Fsp3) is 0.219. The van der Waals surface area contributed by atoms with Crippen molar-refractivity contribution in [3.05, 3.63) is 107 Å². The number of nitrogens with two attached hydrogens (primary N) is 1. The second-order valence-corrected chi connectivity index (χ2v) is 9.95. The first kappa shape index (κ1) is 23.9. The van der Waals surface area contributed by atoms with Gasteiger partial charge in [0.25, 0.3) is 0 Å². The molecule has 6 nitrogen and oxygen atoms in total. The smallest absolute Gasteiger partial charge is 0.160 e. The van der Waals surface area contributed by atoms with Gasteiger partial charge in [-0.3, -0.25) is 5.41 Å². The summed E-state index contributed by atoms with van der Waals surface area (Å²) < 4.78 is 11.2. The van der Waals surface area contributed by atoms with Crippen LogP contribution < -0.4 is 20.5 Å². The highest BCUT2D eigenvalue weighted by atomic mass is 16.5. The van der Waals surface area contributed by atoms with Crippen LogP contribution in [0.4, 0.5) is 5.69 Å². The molecular formula is C32H31N3O3. The van der Waals surface area contributed by atoms with Crippen molar-refractivity contribution in [2.75, 3.05) is 19.0 Å². The van der Waals surface area contributed by atoms with E-state index in [0.717, 1.165) is 45.7 Å².